The number of benzene rings is 3. The van der Waals surface area contributed by atoms with Crippen LogP contribution >= 0.6 is 23.1 Å². The van der Waals surface area contributed by atoms with Gasteiger partial charge in [-0.1, -0.05) is 96.2 Å². The van der Waals surface area contributed by atoms with Gasteiger partial charge in [0.05, 0.1) is 18.8 Å². The number of unbranched alkanes of at least 4 members (excludes halogenated alkanes) is 2. The van der Waals surface area contributed by atoms with Crippen molar-refractivity contribution in [3.63, 3.8) is 0 Å². The maximum atomic E-state index is 12.3. The third-order valence-electron chi connectivity index (χ3n) is 7.88. The molecular weight excluding hydrogens is 637 g/mol. The van der Waals surface area contributed by atoms with E-state index in [0.717, 1.165) is 54.9 Å². The molecule has 2 amide bonds. The van der Waals surface area contributed by atoms with E-state index < -0.39 is 12.2 Å². The maximum Gasteiger partial charge on any atom is 0.243 e. The number of aryl methyl sites for hydroxylation is 1. The fourth-order valence-electron chi connectivity index (χ4n) is 5.31. The number of aliphatic hydroxyl groups excluding tert-OH is 1. The van der Waals surface area contributed by atoms with Crippen LogP contribution in [-0.2, 0) is 32.2 Å². The van der Waals surface area contributed by atoms with Crippen molar-refractivity contribution < 1.29 is 29.4 Å². The second-order valence-electron chi connectivity index (χ2n) is 11.4. The van der Waals surface area contributed by atoms with Crippen LogP contribution in [0.4, 0.5) is 0 Å². The van der Waals surface area contributed by atoms with Gasteiger partial charge in [-0.05, 0) is 53.6 Å². The van der Waals surface area contributed by atoms with Gasteiger partial charge in [-0.2, -0.15) is 0 Å². The van der Waals surface area contributed by atoms with Crippen molar-refractivity contribution in [3.05, 3.63) is 100 Å². The van der Waals surface area contributed by atoms with Gasteiger partial charge in [0.15, 0.2) is 10.6 Å². The highest BCUT2D eigenvalue weighted by atomic mass is 32.2. The Balaban J connectivity index is 1.20. The minimum Gasteiger partial charge on any atom is -0.392 e. The Labute approximate surface area is 282 Å². The highest BCUT2D eigenvalue weighted by Gasteiger charge is 2.32. The summed E-state index contributed by atoms with van der Waals surface area (Å²) < 4.78 is 13.9. The highest BCUT2D eigenvalue weighted by molar-refractivity contribution is 8.01. The van der Waals surface area contributed by atoms with Gasteiger partial charge in [-0.25, -0.2) is 5.48 Å². The number of rotatable bonds is 15. The number of aromatic nitrogens is 2. The molecule has 10 nitrogen and oxygen atoms in total. The zero-order valence-corrected chi connectivity index (χ0v) is 27.9. The first-order valence-corrected chi connectivity index (χ1v) is 17.5. The molecule has 12 heteroatoms. The molecule has 0 saturated carbocycles. The van der Waals surface area contributed by atoms with Crippen molar-refractivity contribution >= 4 is 34.9 Å². The van der Waals surface area contributed by atoms with Crippen molar-refractivity contribution in [2.24, 2.45) is 0 Å². The molecule has 47 heavy (non-hydrogen) atoms. The lowest BCUT2D eigenvalue weighted by Gasteiger charge is -2.36. The SMILES string of the molecule is Cc1nnc(SCC2CC(c3ccc(CO)cc3)OC(c3ccc(-c4cccc(CNC(=O)CCCCCC(=O)NO)c4)cc3)O2)s1. The van der Waals surface area contributed by atoms with Gasteiger partial charge in [0.2, 0.25) is 11.8 Å². The molecule has 0 radical (unpaired) electrons. The molecule has 3 atom stereocenters. The Morgan fingerprint density at radius 3 is 2.34 bits per heavy atom. The van der Waals surface area contributed by atoms with Crippen molar-refractivity contribution in [2.45, 2.75) is 81.4 Å². The summed E-state index contributed by atoms with van der Waals surface area (Å²) in [6.45, 7) is 2.38. The van der Waals surface area contributed by atoms with Gasteiger partial charge in [-0.15, -0.1) is 10.2 Å². The average Bonchev–Trinajstić information content (AvgIpc) is 3.54. The molecule has 1 aliphatic heterocycles. The molecule has 3 unspecified atom stereocenters. The number of hydrogen-bond donors (Lipinski definition) is 4. The molecule has 1 aromatic heterocycles. The molecule has 3 aromatic carbocycles. The second kappa shape index (κ2) is 17.5. The normalized spacial score (nSPS) is 17.7. The topological polar surface area (TPSA) is 143 Å². The van der Waals surface area contributed by atoms with Crippen LogP contribution in [0, 0.1) is 6.92 Å². The smallest absolute Gasteiger partial charge is 0.243 e. The van der Waals surface area contributed by atoms with Crippen LogP contribution in [0.1, 0.15) is 78.2 Å². The summed E-state index contributed by atoms with van der Waals surface area (Å²) in [4.78, 5) is 23.4. The summed E-state index contributed by atoms with van der Waals surface area (Å²) in [5.41, 5.74) is 7.53. The van der Waals surface area contributed by atoms with E-state index in [9.17, 15) is 14.7 Å². The molecular formula is C35H40N4O6S2. The minimum absolute atomic E-state index is 0.00151. The van der Waals surface area contributed by atoms with E-state index >= 15 is 0 Å². The molecule has 248 valence electrons. The zero-order valence-electron chi connectivity index (χ0n) is 26.3. The predicted molar refractivity (Wildman–Crippen MR) is 181 cm³/mol. The molecule has 2 heterocycles. The molecule has 1 aliphatic rings. The summed E-state index contributed by atoms with van der Waals surface area (Å²) in [6.07, 6.45) is 2.62. The number of hydrogen-bond acceptors (Lipinski definition) is 10. The number of amides is 2. The Morgan fingerprint density at radius 2 is 1.64 bits per heavy atom. The number of carbonyl (C=O) groups is 2. The van der Waals surface area contributed by atoms with Crippen LogP contribution in [0.2, 0.25) is 0 Å². The molecule has 4 N–H and O–H groups in total. The number of ether oxygens (including phenoxy) is 2. The lowest BCUT2D eigenvalue weighted by molar-refractivity contribution is -0.245. The maximum absolute atomic E-state index is 12.3. The third-order valence-corrected chi connectivity index (χ3v) is 9.98. The fraction of sp³-hybridized carbons (Fsp3) is 0.371. The number of hydroxylamine groups is 1. The van der Waals surface area contributed by atoms with Crippen LogP contribution in [0.25, 0.3) is 11.1 Å². The molecule has 0 aliphatic carbocycles. The van der Waals surface area contributed by atoms with Gasteiger partial charge in [0, 0.05) is 37.1 Å². The Kier molecular flexibility index (Phi) is 12.9. The van der Waals surface area contributed by atoms with E-state index in [2.05, 4.69) is 33.7 Å². The zero-order chi connectivity index (χ0) is 33.0. The Morgan fingerprint density at radius 1 is 0.894 bits per heavy atom. The van der Waals surface area contributed by atoms with E-state index in [1.807, 2.05) is 61.5 Å². The minimum atomic E-state index is -0.546. The fourth-order valence-corrected chi connectivity index (χ4v) is 7.17. The van der Waals surface area contributed by atoms with E-state index in [-0.39, 0.29) is 31.1 Å². The van der Waals surface area contributed by atoms with Gasteiger partial charge < -0.3 is 19.9 Å². The van der Waals surface area contributed by atoms with Crippen molar-refractivity contribution in [2.75, 3.05) is 5.75 Å². The van der Waals surface area contributed by atoms with E-state index in [0.29, 0.717) is 32.2 Å². The number of nitrogens with one attached hydrogen (secondary N) is 2. The standard InChI is InChI=1S/C35H40N4O6S2/c1-23-37-38-35(47-23)46-22-30-19-31(27-12-10-24(21-40)11-13-27)45-34(44-30)28-16-14-26(15-17-28)29-7-5-6-25(18-29)20-36-32(41)8-3-2-4-9-33(42)39-43/h5-7,10-18,30-31,34,40,43H,2-4,8-9,19-22H2,1H3,(H,36,41)(H,39,42). The van der Waals surface area contributed by atoms with Crippen LogP contribution in [0.5, 0.6) is 0 Å². The Hall–Kier alpha value is -3.65. The summed E-state index contributed by atoms with van der Waals surface area (Å²) in [6, 6.07) is 24.2. The van der Waals surface area contributed by atoms with E-state index in [1.165, 1.54) is 0 Å². The van der Waals surface area contributed by atoms with Crippen molar-refractivity contribution in [1.82, 2.24) is 21.0 Å². The van der Waals surface area contributed by atoms with Crippen molar-refractivity contribution in [1.29, 1.82) is 0 Å². The number of aliphatic hydroxyl groups is 1. The van der Waals surface area contributed by atoms with Gasteiger partial charge in [0.25, 0.3) is 0 Å². The molecule has 5 rings (SSSR count). The van der Waals surface area contributed by atoms with Gasteiger partial charge in [-0.3, -0.25) is 14.8 Å². The van der Waals surface area contributed by atoms with E-state index in [1.54, 1.807) is 28.6 Å². The monoisotopic (exact) mass is 676 g/mol. The second-order valence-corrected chi connectivity index (χ2v) is 13.9. The van der Waals surface area contributed by atoms with Gasteiger partial charge in [0.1, 0.15) is 5.01 Å². The van der Waals surface area contributed by atoms with Crippen molar-refractivity contribution in [3.8, 4) is 11.1 Å². The lowest BCUT2D eigenvalue weighted by atomic mass is 9.99. The first kappa shape index (κ1) is 34.7. The lowest BCUT2D eigenvalue weighted by Crippen LogP contribution is -2.31. The van der Waals surface area contributed by atoms with Crippen LogP contribution in [-0.4, -0.2) is 44.2 Å². The quantitative estimate of drug-likeness (QED) is 0.0486. The van der Waals surface area contributed by atoms with Gasteiger partial charge >= 0.3 is 0 Å². The van der Waals surface area contributed by atoms with Crippen LogP contribution in [0.15, 0.2) is 77.1 Å². The summed E-state index contributed by atoms with van der Waals surface area (Å²) in [5, 5.41) is 30.3. The molecule has 0 bridgehead atoms. The first-order valence-electron chi connectivity index (χ1n) is 15.7. The highest BCUT2D eigenvalue weighted by Crippen LogP contribution is 2.40. The molecule has 1 saturated heterocycles. The number of carbonyl (C=O) groups excluding carboxylic acids is 2. The van der Waals surface area contributed by atoms with Crippen LogP contribution < -0.4 is 10.8 Å². The van der Waals surface area contributed by atoms with Crippen LogP contribution in [0.3, 0.4) is 0 Å². The number of thioether (sulfide) groups is 1. The summed E-state index contributed by atoms with van der Waals surface area (Å²) >= 11 is 3.22. The average molecular weight is 677 g/mol. The first-order chi connectivity index (χ1) is 22.9. The summed E-state index contributed by atoms with van der Waals surface area (Å²) in [7, 11) is 0. The molecule has 0 spiro atoms. The third kappa shape index (κ3) is 10.4. The largest absolute Gasteiger partial charge is 0.392 e. The molecule has 1 fully saturated rings. The van der Waals surface area contributed by atoms with E-state index in [4.69, 9.17) is 14.7 Å². The predicted octanol–water partition coefficient (Wildman–Crippen LogP) is 6.42. The number of nitrogens with zero attached hydrogens (tertiary/aromatic N) is 2. The Bertz CT molecular complexity index is 1600. The molecule has 4 aromatic rings. The summed E-state index contributed by atoms with van der Waals surface area (Å²) in [5.74, 6) is 0.288.